The summed E-state index contributed by atoms with van der Waals surface area (Å²) in [5.74, 6) is -3.97. The molecule has 37 heavy (non-hydrogen) atoms. The number of carbonyl (C=O) groups is 4. The molecule has 3 rings (SSSR count). The molecule has 8 atom stereocenters. The Morgan fingerprint density at radius 2 is 1.70 bits per heavy atom. The van der Waals surface area contributed by atoms with Gasteiger partial charge in [-0.15, -0.1) is 11.8 Å². The summed E-state index contributed by atoms with van der Waals surface area (Å²) >= 11 is 1.06. The van der Waals surface area contributed by atoms with Gasteiger partial charge >= 0.3 is 23.9 Å². The van der Waals surface area contributed by atoms with E-state index in [4.69, 9.17) is 33.2 Å². The van der Waals surface area contributed by atoms with Gasteiger partial charge in [0.25, 0.3) is 0 Å². The van der Waals surface area contributed by atoms with Crippen LogP contribution < -0.4 is 0 Å². The van der Waals surface area contributed by atoms with Gasteiger partial charge in [-0.1, -0.05) is 20.3 Å². The van der Waals surface area contributed by atoms with E-state index in [1.807, 2.05) is 13.8 Å². The molecule has 0 amide bonds. The summed E-state index contributed by atoms with van der Waals surface area (Å²) in [6, 6.07) is 0. The van der Waals surface area contributed by atoms with Crippen molar-refractivity contribution in [3.05, 3.63) is 10.7 Å². The van der Waals surface area contributed by atoms with Gasteiger partial charge in [-0.05, 0) is 5.92 Å². The van der Waals surface area contributed by atoms with Crippen LogP contribution in [0.5, 0.6) is 0 Å². The SMILES string of the molecule is CC[C@@H](C)[C@@H]1O[C@@]2(CSC3=C(O2)C(OC(C)=O)C(COC(C)=O)OC3F)CC(OC(C)=O)C1OC(C)=O. The molecular weight excluding hydrogens is 515 g/mol. The van der Waals surface area contributed by atoms with E-state index in [9.17, 15) is 19.2 Å². The second-order valence-electron chi connectivity index (χ2n) is 9.25. The molecule has 11 nitrogen and oxygen atoms in total. The van der Waals surface area contributed by atoms with Crippen LogP contribution in [-0.4, -0.2) is 78.9 Å². The lowest BCUT2D eigenvalue weighted by Crippen LogP contribution is -2.62. The minimum atomic E-state index is -1.92. The quantitative estimate of drug-likeness (QED) is 0.342. The summed E-state index contributed by atoms with van der Waals surface area (Å²) in [6.07, 6.45) is -6.25. The summed E-state index contributed by atoms with van der Waals surface area (Å²) in [5.41, 5.74) is 0. The molecule has 208 valence electrons. The Hall–Kier alpha value is -2.38. The van der Waals surface area contributed by atoms with Gasteiger partial charge in [0.05, 0.1) is 17.1 Å². The second-order valence-corrected chi connectivity index (χ2v) is 10.3. The summed E-state index contributed by atoms with van der Waals surface area (Å²) in [6.45, 7) is 8.30. The van der Waals surface area contributed by atoms with Gasteiger partial charge in [0.2, 0.25) is 12.1 Å². The average Bonchev–Trinajstić information content (AvgIpc) is 2.80. The maximum Gasteiger partial charge on any atom is 0.303 e. The molecule has 1 fully saturated rings. The Balaban J connectivity index is 1.99. The Morgan fingerprint density at radius 3 is 2.27 bits per heavy atom. The maximum atomic E-state index is 15.0. The van der Waals surface area contributed by atoms with Gasteiger partial charge in [-0.2, -0.15) is 0 Å². The molecule has 1 saturated heterocycles. The van der Waals surface area contributed by atoms with E-state index in [0.717, 1.165) is 11.8 Å². The highest BCUT2D eigenvalue weighted by Gasteiger charge is 2.57. The van der Waals surface area contributed by atoms with Crippen LogP contribution in [0.3, 0.4) is 0 Å². The number of ether oxygens (including phenoxy) is 7. The molecule has 0 aromatic carbocycles. The van der Waals surface area contributed by atoms with Crippen LogP contribution in [0.25, 0.3) is 0 Å². The summed E-state index contributed by atoms with van der Waals surface area (Å²) in [7, 11) is 0. The van der Waals surface area contributed by atoms with Crippen LogP contribution in [-0.2, 0) is 52.3 Å². The topological polar surface area (TPSA) is 133 Å². The monoisotopic (exact) mass is 548 g/mol. The highest BCUT2D eigenvalue weighted by molar-refractivity contribution is 8.03. The minimum absolute atomic E-state index is 0.0298. The van der Waals surface area contributed by atoms with Crippen LogP contribution in [0.15, 0.2) is 10.7 Å². The number of hydrogen-bond donors (Lipinski definition) is 0. The van der Waals surface area contributed by atoms with Gasteiger partial charge < -0.3 is 33.2 Å². The third-order valence-electron chi connectivity index (χ3n) is 6.20. The number of rotatable bonds is 7. The van der Waals surface area contributed by atoms with Crippen LogP contribution in [0, 0.1) is 5.92 Å². The summed E-state index contributed by atoms with van der Waals surface area (Å²) in [4.78, 5) is 47.2. The van der Waals surface area contributed by atoms with E-state index in [-0.39, 0.29) is 35.4 Å². The molecule has 13 heteroatoms. The average molecular weight is 549 g/mol. The minimum Gasteiger partial charge on any atom is -0.463 e. The summed E-state index contributed by atoms with van der Waals surface area (Å²) in [5, 5.41) is 0. The van der Waals surface area contributed by atoms with E-state index in [0.29, 0.717) is 6.42 Å². The third-order valence-corrected chi connectivity index (χ3v) is 7.49. The van der Waals surface area contributed by atoms with Gasteiger partial charge in [0, 0.05) is 27.7 Å². The van der Waals surface area contributed by atoms with Crippen molar-refractivity contribution in [3.8, 4) is 0 Å². The molecular formula is C24H33FO11S. The third kappa shape index (κ3) is 6.94. The molecule has 0 bridgehead atoms. The van der Waals surface area contributed by atoms with E-state index in [1.165, 1.54) is 27.7 Å². The molecule has 3 heterocycles. The van der Waals surface area contributed by atoms with Crippen molar-refractivity contribution in [2.24, 2.45) is 5.92 Å². The summed E-state index contributed by atoms with van der Waals surface area (Å²) < 4.78 is 54.6. The van der Waals surface area contributed by atoms with Gasteiger partial charge in [0.15, 0.2) is 18.0 Å². The fourth-order valence-corrected chi connectivity index (χ4v) is 5.60. The lowest BCUT2D eigenvalue weighted by atomic mass is 9.87. The van der Waals surface area contributed by atoms with Crippen LogP contribution in [0.2, 0.25) is 0 Å². The first-order valence-corrected chi connectivity index (χ1v) is 13.0. The van der Waals surface area contributed by atoms with Crippen LogP contribution in [0.4, 0.5) is 4.39 Å². The Kier molecular flexibility index (Phi) is 9.46. The van der Waals surface area contributed by atoms with Crippen molar-refractivity contribution in [3.63, 3.8) is 0 Å². The van der Waals surface area contributed by atoms with E-state index in [2.05, 4.69) is 0 Å². The van der Waals surface area contributed by atoms with Gasteiger partial charge in [-0.3, -0.25) is 19.2 Å². The fourth-order valence-electron chi connectivity index (χ4n) is 4.49. The highest BCUT2D eigenvalue weighted by Crippen LogP contribution is 2.49. The van der Waals surface area contributed by atoms with Gasteiger partial charge in [-0.25, -0.2) is 4.39 Å². The molecule has 0 aromatic rings. The zero-order chi connectivity index (χ0) is 27.5. The molecule has 0 N–H and O–H groups in total. The lowest BCUT2D eigenvalue weighted by Gasteiger charge is -2.51. The predicted molar refractivity (Wildman–Crippen MR) is 125 cm³/mol. The molecule has 3 aliphatic heterocycles. The zero-order valence-corrected chi connectivity index (χ0v) is 22.5. The number of alkyl halides is 1. The largest absolute Gasteiger partial charge is 0.463 e. The first kappa shape index (κ1) is 29.2. The zero-order valence-electron chi connectivity index (χ0n) is 21.6. The van der Waals surface area contributed by atoms with Crippen molar-refractivity contribution in [2.75, 3.05) is 12.4 Å². The molecule has 1 spiro atoms. The maximum absolute atomic E-state index is 15.0. The fraction of sp³-hybridized carbons (Fsp3) is 0.750. The molecule has 0 aliphatic carbocycles. The molecule has 0 saturated carbocycles. The van der Waals surface area contributed by atoms with E-state index >= 15 is 4.39 Å². The van der Waals surface area contributed by atoms with Crippen molar-refractivity contribution < 1.29 is 56.7 Å². The number of hydrogen-bond acceptors (Lipinski definition) is 12. The molecule has 0 radical (unpaired) electrons. The Bertz CT molecular complexity index is 940. The number of halogens is 1. The molecule has 3 aliphatic rings. The van der Waals surface area contributed by atoms with Crippen LogP contribution in [0.1, 0.15) is 54.4 Å². The number of esters is 4. The Labute approximate surface area is 218 Å². The van der Waals surface area contributed by atoms with Crippen molar-refractivity contribution in [2.45, 2.75) is 97.0 Å². The Morgan fingerprint density at radius 1 is 1.05 bits per heavy atom. The standard InChI is InChI=1S/C24H33FO11S/c1-7-11(2)18-19(32-14(5)28)16(31-13(4)27)8-24(35-18)10-37-22-21(36-24)20(33-15(6)29)17(34-23(22)25)9-30-12(3)26/h11,16-20,23H,7-10H2,1-6H3/t11-,16?,17?,18+,19?,20?,23?,24+/m1/s1. The first-order valence-electron chi connectivity index (χ1n) is 12.0. The molecule has 0 aromatic heterocycles. The predicted octanol–water partition coefficient (Wildman–Crippen LogP) is 2.55. The first-order chi connectivity index (χ1) is 17.4. The smallest absolute Gasteiger partial charge is 0.303 e. The van der Waals surface area contributed by atoms with Crippen molar-refractivity contribution >= 4 is 35.6 Å². The van der Waals surface area contributed by atoms with E-state index in [1.54, 1.807) is 0 Å². The van der Waals surface area contributed by atoms with Gasteiger partial charge in [0.1, 0.15) is 24.9 Å². The second kappa shape index (κ2) is 12.0. The number of thioether (sulfide) groups is 1. The van der Waals surface area contributed by atoms with Crippen molar-refractivity contribution in [1.82, 2.24) is 0 Å². The highest BCUT2D eigenvalue weighted by atomic mass is 32.2. The van der Waals surface area contributed by atoms with Crippen LogP contribution >= 0.6 is 11.8 Å². The van der Waals surface area contributed by atoms with E-state index < -0.39 is 66.5 Å². The molecule has 5 unspecified atom stereocenters. The lowest BCUT2D eigenvalue weighted by molar-refractivity contribution is -0.315. The van der Waals surface area contributed by atoms with Crippen molar-refractivity contribution in [1.29, 1.82) is 0 Å². The normalized spacial score (nSPS) is 34.0. The number of carbonyl (C=O) groups excluding carboxylic acids is 4.